The molecule has 0 aromatic heterocycles. The van der Waals surface area contributed by atoms with Gasteiger partial charge in [0.2, 0.25) is 5.91 Å². The molecule has 0 spiro atoms. The second kappa shape index (κ2) is 43.0. The molecule has 0 aromatic carbocycles. The molecule has 2 fully saturated rings. The summed E-state index contributed by atoms with van der Waals surface area (Å²) < 4.78 is 22.6. The number of hydrogen-bond donors (Lipinski definition) is 11. The van der Waals surface area contributed by atoms with Crippen molar-refractivity contribution in [3.63, 3.8) is 0 Å². The standard InChI is InChI=1S/C56H109NO15/c1-3-5-7-9-11-13-15-17-19-20-21-22-24-26-28-30-32-34-36-38-44(61)54(68)57-42(47(63)43(60)37-35-33-31-29-27-25-23-18-16-14-12-10-8-6-4-2)41-69-55-51(67)53(48(64)46(40-59)70-55)72-56-50(66)49(65)52(71-56)45(62)39-58/h42-53,55-56,58-67H,3-41H2,1-2H3,(H,57,68)/t42-,43+,44+,45+,46+,47-,48-,49+,50+,51+,52-,53-,55-,56-/m0/s1. The van der Waals surface area contributed by atoms with Gasteiger partial charge in [-0.3, -0.25) is 4.79 Å². The first-order chi connectivity index (χ1) is 34.9. The Bertz CT molecular complexity index is 1260. The van der Waals surface area contributed by atoms with Crippen LogP contribution in [0.15, 0.2) is 0 Å². The first kappa shape index (κ1) is 67.0. The van der Waals surface area contributed by atoms with Crippen molar-refractivity contribution in [1.82, 2.24) is 5.32 Å². The van der Waals surface area contributed by atoms with Gasteiger partial charge in [-0.05, 0) is 12.8 Å². The lowest BCUT2D eigenvalue weighted by molar-refractivity contribution is -0.332. The number of ether oxygens (including phenoxy) is 4. The van der Waals surface area contributed by atoms with Crippen LogP contribution in [0.2, 0.25) is 0 Å². The van der Waals surface area contributed by atoms with Gasteiger partial charge in [-0.15, -0.1) is 0 Å². The van der Waals surface area contributed by atoms with Crippen LogP contribution >= 0.6 is 0 Å². The lowest BCUT2D eigenvalue weighted by Crippen LogP contribution is -2.62. The lowest BCUT2D eigenvalue weighted by atomic mass is 9.98. The van der Waals surface area contributed by atoms with Gasteiger partial charge in [-0.1, -0.05) is 232 Å². The Morgan fingerprint density at radius 1 is 0.500 bits per heavy atom. The van der Waals surface area contributed by atoms with Crippen molar-refractivity contribution in [2.24, 2.45) is 0 Å². The summed E-state index contributed by atoms with van der Waals surface area (Å²) in [6, 6.07) is -1.28. The Morgan fingerprint density at radius 2 is 0.903 bits per heavy atom. The summed E-state index contributed by atoms with van der Waals surface area (Å²) in [4.78, 5) is 13.4. The third-order valence-electron chi connectivity index (χ3n) is 15.0. The highest BCUT2D eigenvalue weighted by Crippen LogP contribution is 2.31. The Morgan fingerprint density at radius 3 is 1.31 bits per heavy atom. The van der Waals surface area contributed by atoms with Gasteiger partial charge in [-0.25, -0.2) is 0 Å². The average molecular weight is 1040 g/mol. The molecule has 11 N–H and O–H groups in total. The first-order valence-corrected chi connectivity index (χ1v) is 29.5. The molecule has 0 unspecified atom stereocenters. The van der Waals surface area contributed by atoms with Crippen LogP contribution in [-0.4, -0.2) is 163 Å². The molecule has 0 aliphatic carbocycles. The third-order valence-corrected chi connectivity index (χ3v) is 15.0. The van der Waals surface area contributed by atoms with Crippen LogP contribution in [0.1, 0.15) is 245 Å². The number of carbonyl (C=O) groups excluding carboxylic acids is 1. The Balaban J connectivity index is 1.86. The van der Waals surface area contributed by atoms with Gasteiger partial charge >= 0.3 is 0 Å². The van der Waals surface area contributed by atoms with Crippen LogP contribution in [0.4, 0.5) is 0 Å². The number of carbonyl (C=O) groups is 1. The summed E-state index contributed by atoms with van der Waals surface area (Å²) in [5.41, 5.74) is 0. The summed E-state index contributed by atoms with van der Waals surface area (Å²) >= 11 is 0. The Hall–Kier alpha value is -1.09. The Kier molecular flexibility index (Phi) is 40.0. The van der Waals surface area contributed by atoms with Gasteiger partial charge in [0.05, 0.1) is 32.0 Å². The van der Waals surface area contributed by atoms with E-state index < -0.39 is 111 Å². The molecular weight excluding hydrogens is 927 g/mol. The van der Waals surface area contributed by atoms with Crippen LogP contribution in [0.25, 0.3) is 0 Å². The molecule has 0 radical (unpaired) electrons. The molecule has 0 bridgehead atoms. The van der Waals surface area contributed by atoms with Gasteiger partial charge in [-0.2, -0.15) is 0 Å². The van der Waals surface area contributed by atoms with E-state index >= 15 is 0 Å². The molecule has 2 aliphatic heterocycles. The zero-order valence-corrected chi connectivity index (χ0v) is 45.2. The minimum atomic E-state index is -1.82. The van der Waals surface area contributed by atoms with Crippen LogP contribution in [0.3, 0.4) is 0 Å². The molecular formula is C56H109NO15. The average Bonchev–Trinajstić information content (AvgIpc) is 3.66. The van der Waals surface area contributed by atoms with Crippen molar-refractivity contribution in [1.29, 1.82) is 0 Å². The van der Waals surface area contributed by atoms with Crippen molar-refractivity contribution in [3.05, 3.63) is 0 Å². The van der Waals surface area contributed by atoms with E-state index in [2.05, 4.69) is 19.2 Å². The fraction of sp³-hybridized carbons (Fsp3) is 0.982. The van der Waals surface area contributed by atoms with Gasteiger partial charge in [0.15, 0.2) is 12.6 Å². The van der Waals surface area contributed by atoms with Crippen molar-refractivity contribution < 1.29 is 74.8 Å². The minimum Gasteiger partial charge on any atom is -0.394 e. The number of rotatable bonds is 48. The number of unbranched alkanes of at least 4 members (excludes halogenated alkanes) is 32. The topological polar surface area (TPSA) is 268 Å². The zero-order chi connectivity index (χ0) is 52.8. The number of aliphatic hydroxyl groups is 10. The predicted molar refractivity (Wildman–Crippen MR) is 280 cm³/mol. The molecule has 2 rings (SSSR count). The second-order valence-corrected chi connectivity index (χ2v) is 21.4. The van der Waals surface area contributed by atoms with Gasteiger partial charge in [0, 0.05) is 0 Å². The normalized spacial score (nSPS) is 25.6. The quantitative estimate of drug-likeness (QED) is 0.0268. The highest BCUT2D eigenvalue weighted by molar-refractivity contribution is 5.80. The van der Waals surface area contributed by atoms with E-state index in [1.165, 1.54) is 161 Å². The molecule has 2 saturated heterocycles. The molecule has 16 nitrogen and oxygen atoms in total. The summed E-state index contributed by atoms with van der Waals surface area (Å²) in [7, 11) is 0. The second-order valence-electron chi connectivity index (χ2n) is 21.4. The lowest BCUT2D eigenvalue weighted by Gasteiger charge is -2.43. The molecule has 428 valence electrons. The molecule has 0 saturated carbocycles. The van der Waals surface area contributed by atoms with Crippen molar-refractivity contribution in [2.45, 2.75) is 331 Å². The predicted octanol–water partition coefficient (Wildman–Crippen LogP) is 7.28. The number of hydrogen-bond acceptors (Lipinski definition) is 15. The molecule has 72 heavy (non-hydrogen) atoms. The SMILES string of the molecule is CCCCCCCCCCCCCCCCCCCCC[C@@H](O)C(=O)N[C@@H](CO[C@H]1O[C@H](CO)[C@H](O)[C@H](O[C@@H]2O[C@@H]([C@H](O)CO)[C@H](O)[C@H]2O)[C@H]1O)[C@H](O)[C@H](O)CCCCCCCCCCCCCCCCC. The smallest absolute Gasteiger partial charge is 0.249 e. The van der Waals surface area contributed by atoms with Crippen LogP contribution in [0, 0.1) is 0 Å². The summed E-state index contributed by atoms with van der Waals surface area (Å²) in [5, 5.41) is 109. The fourth-order valence-electron chi connectivity index (χ4n) is 10.1. The van der Waals surface area contributed by atoms with Crippen LogP contribution in [-0.2, 0) is 23.7 Å². The van der Waals surface area contributed by atoms with E-state index in [9.17, 15) is 55.9 Å². The zero-order valence-electron chi connectivity index (χ0n) is 45.2. The maximum atomic E-state index is 13.4. The fourth-order valence-corrected chi connectivity index (χ4v) is 10.1. The van der Waals surface area contributed by atoms with Gasteiger partial charge in [0.1, 0.15) is 61.0 Å². The van der Waals surface area contributed by atoms with Crippen LogP contribution < -0.4 is 5.32 Å². The van der Waals surface area contributed by atoms with Crippen molar-refractivity contribution in [3.8, 4) is 0 Å². The maximum Gasteiger partial charge on any atom is 0.249 e. The maximum absolute atomic E-state index is 13.4. The molecule has 14 atom stereocenters. The van der Waals surface area contributed by atoms with Crippen molar-refractivity contribution in [2.75, 3.05) is 19.8 Å². The number of aliphatic hydroxyl groups excluding tert-OH is 10. The van der Waals surface area contributed by atoms with E-state index in [4.69, 9.17) is 18.9 Å². The Labute approximate surface area is 435 Å². The summed E-state index contributed by atoms with van der Waals surface area (Å²) in [5.74, 6) is -0.759. The van der Waals surface area contributed by atoms with E-state index in [-0.39, 0.29) is 12.8 Å². The van der Waals surface area contributed by atoms with E-state index in [1.54, 1.807) is 0 Å². The molecule has 2 aliphatic rings. The van der Waals surface area contributed by atoms with Crippen molar-refractivity contribution >= 4 is 5.91 Å². The van der Waals surface area contributed by atoms with E-state index in [0.717, 1.165) is 44.9 Å². The van der Waals surface area contributed by atoms with Gasteiger partial charge < -0.3 is 75.3 Å². The number of nitrogens with one attached hydrogen (secondary N) is 1. The first-order valence-electron chi connectivity index (χ1n) is 29.5. The largest absolute Gasteiger partial charge is 0.394 e. The van der Waals surface area contributed by atoms with E-state index in [1.807, 2.05) is 0 Å². The molecule has 16 heteroatoms. The van der Waals surface area contributed by atoms with Gasteiger partial charge in [0.25, 0.3) is 0 Å². The monoisotopic (exact) mass is 1040 g/mol. The number of amides is 1. The van der Waals surface area contributed by atoms with Crippen LogP contribution in [0.5, 0.6) is 0 Å². The molecule has 1 amide bonds. The molecule has 0 aromatic rings. The highest BCUT2D eigenvalue weighted by Gasteiger charge is 2.52. The van der Waals surface area contributed by atoms with E-state index in [0.29, 0.717) is 12.8 Å². The highest BCUT2D eigenvalue weighted by atomic mass is 16.7. The summed E-state index contributed by atoms with van der Waals surface area (Å²) in [6.45, 7) is 2.41. The minimum absolute atomic E-state index is 0.204. The molecule has 2 heterocycles. The third kappa shape index (κ3) is 28.3. The summed E-state index contributed by atoms with van der Waals surface area (Å²) in [6.07, 6.45) is 21.1.